The molecular weight excluding hydrogens is 1110 g/mol. The largest absolute Gasteiger partial charge is 0.497 e. The number of hydrogen-bond donors (Lipinski definition) is 6. The number of rotatable bonds is 20. The number of fused-ring (bicyclic) bond motifs is 3. The van der Waals surface area contributed by atoms with Gasteiger partial charge >= 0.3 is 18.3 Å². The van der Waals surface area contributed by atoms with Crippen LogP contribution in [0.3, 0.4) is 0 Å². The van der Waals surface area contributed by atoms with Crippen LogP contribution in [0.15, 0.2) is 122 Å². The first kappa shape index (κ1) is 62.3. The number of alkyl carbamates (subject to hydrolysis) is 2. The number of carbonyl (C=O) groups excluding carboxylic acids is 2. The van der Waals surface area contributed by atoms with Gasteiger partial charge in [0.2, 0.25) is 20.0 Å². The van der Waals surface area contributed by atoms with Gasteiger partial charge in [-0.15, -0.1) is 0 Å². The predicted octanol–water partition coefficient (Wildman–Crippen LogP) is 9.34. The Morgan fingerprint density at radius 1 is 0.735 bits per heavy atom. The van der Waals surface area contributed by atoms with Gasteiger partial charge in [-0.2, -0.15) is 9.42 Å². The van der Waals surface area contributed by atoms with E-state index in [-0.39, 0.29) is 78.0 Å². The van der Waals surface area contributed by atoms with E-state index >= 15 is 16.8 Å². The van der Waals surface area contributed by atoms with E-state index < -0.39 is 77.4 Å². The van der Waals surface area contributed by atoms with E-state index in [1.54, 1.807) is 147 Å². The number of amidine groups is 1. The summed E-state index contributed by atoms with van der Waals surface area (Å²) in [5.74, 6) is 1.06. The van der Waals surface area contributed by atoms with Gasteiger partial charge in [-0.3, -0.25) is 0 Å². The quantitative estimate of drug-likeness (QED) is 0.0388. The minimum Gasteiger partial charge on any atom is -0.497 e. The first-order chi connectivity index (χ1) is 39.0. The van der Waals surface area contributed by atoms with Crippen LogP contribution in [0.25, 0.3) is 22.2 Å². The SMILES string of the molecule is COc1ccc(CN(Cc2ccc(OC)cc2)S(=O)(=O)c2c(S(=O)(=O)NCCNC(=O)OC(C)(C)C)ccc(-c3cccc4[nH]c([C@@H](CN(C(=O)O)C(C)(C)C)NC(=O)OC(C)(C)C)nc34)c2C2=Nc3cc(ccc3OC)CN=NN2)cc1. The second-order valence-electron chi connectivity index (χ2n) is 22.2. The summed E-state index contributed by atoms with van der Waals surface area (Å²) in [5.41, 5.74) is 2.44. The molecular formula is C57H71N11O13S2. The van der Waals surface area contributed by atoms with Crippen molar-refractivity contribution in [1.82, 2.24) is 40.0 Å². The van der Waals surface area contributed by atoms with Crippen LogP contribution in [0.4, 0.5) is 20.1 Å². The van der Waals surface area contributed by atoms with Crippen molar-refractivity contribution in [3.8, 4) is 28.4 Å². The van der Waals surface area contributed by atoms with Gasteiger partial charge in [-0.25, -0.2) is 51.3 Å². The van der Waals surface area contributed by atoms with Crippen molar-refractivity contribution in [3.05, 3.63) is 125 Å². The number of hydrogen-bond acceptors (Lipinski definition) is 17. The lowest BCUT2D eigenvalue weighted by Crippen LogP contribution is -2.50. The zero-order valence-electron chi connectivity index (χ0n) is 48.4. The van der Waals surface area contributed by atoms with Gasteiger partial charge in [0.1, 0.15) is 55.8 Å². The van der Waals surface area contributed by atoms with E-state index in [1.165, 1.54) is 27.4 Å². The summed E-state index contributed by atoms with van der Waals surface area (Å²) in [6.45, 7) is 13.6. The van der Waals surface area contributed by atoms with Crippen LogP contribution >= 0.6 is 0 Å². The second-order valence-corrected chi connectivity index (χ2v) is 25.8. The number of H-pyrrole nitrogens is 1. The summed E-state index contributed by atoms with van der Waals surface area (Å²) >= 11 is 0. The third-order valence-electron chi connectivity index (χ3n) is 12.6. The first-order valence-electron chi connectivity index (χ1n) is 26.3. The van der Waals surface area contributed by atoms with Crippen LogP contribution in [-0.2, 0) is 49.2 Å². The maximum atomic E-state index is 16.6. The van der Waals surface area contributed by atoms with Crippen LogP contribution in [0.1, 0.15) is 96.4 Å². The highest BCUT2D eigenvalue weighted by Crippen LogP contribution is 2.41. The molecule has 1 atom stereocenters. The zero-order chi connectivity index (χ0) is 60.7. The number of sulfonamides is 2. The number of aromatic nitrogens is 2. The summed E-state index contributed by atoms with van der Waals surface area (Å²) in [7, 11) is -5.68. The van der Waals surface area contributed by atoms with Gasteiger partial charge in [0.15, 0.2) is 5.84 Å². The molecule has 0 spiro atoms. The number of nitrogens with zero attached hydrogens (tertiary/aromatic N) is 6. The number of ether oxygens (including phenoxy) is 5. The number of para-hydroxylation sites is 1. The molecule has 1 aromatic heterocycles. The summed E-state index contributed by atoms with van der Waals surface area (Å²) < 4.78 is 94.9. The first-order valence-corrected chi connectivity index (χ1v) is 29.2. The summed E-state index contributed by atoms with van der Waals surface area (Å²) in [6.07, 6.45) is -2.95. The number of carboxylic acid groups (broad SMARTS) is 1. The molecule has 0 radical (unpaired) electrons. The van der Waals surface area contributed by atoms with Crippen LogP contribution in [0, 0.1) is 0 Å². The minimum atomic E-state index is -5.17. The molecule has 0 aliphatic carbocycles. The van der Waals surface area contributed by atoms with Crippen LogP contribution < -0.4 is 35.0 Å². The van der Waals surface area contributed by atoms with Crippen molar-refractivity contribution in [3.63, 3.8) is 0 Å². The van der Waals surface area contributed by atoms with Gasteiger partial charge in [-0.1, -0.05) is 53.8 Å². The standard InChI is InChI=1S/C57H71N11O13S2/c1-55(2,3)68(54(71)72)34-44(63-53(70)81-57(7,8)9)50-61-42-15-13-14-41(48(42)64-50)40-25-27-46(82(73,74)60-29-28-58-52(69)80-56(4,5)6)49(47(40)51-62-43-30-37(31-59-66-65-51)20-26-45(43)79-12)83(75,76)67(32-35-16-21-38(77-10)22-17-35)33-36-18-23-39(78-11)24-19-36/h13-27,30,44,60H,28-29,31-34H2,1-12H3,(H,58,69)(H,61,64)(H,63,70)(H,71,72)(H,59,62,65)/t44-/m1/s1. The van der Waals surface area contributed by atoms with Crippen molar-refractivity contribution in [2.75, 3.05) is 41.0 Å². The van der Waals surface area contributed by atoms with E-state index in [1.807, 2.05) is 0 Å². The van der Waals surface area contributed by atoms with Crippen LogP contribution in [0.2, 0.25) is 0 Å². The Balaban J connectivity index is 1.56. The van der Waals surface area contributed by atoms with Gasteiger partial charge in [-0.05, 0) is 133 Å². The van der Waals surface area contributed by atoms with Crippen molar-refractivity contribution in [2.24, 2.45) is 15.3 Å². The molecule has 5 aromatic carbocycles. The summed E-state index contributed by atoms with van der Waals surface area (Å²) in [4.78, 5) is 52.0. The Kier molecular flexibility index (Phi) is 19.1. The minimum absolute atomic E-state index is 0.0559. The molecule has 2 bridgehead atoms. The molecule has 24 nitrogen and oxygen atoms in total. The normalized spacial score (nSPS) is 13.4. The van der Waals surface area contributed by atoms with Gasteiger partial charge in [0.25, 0.3) is 0 Å². The van der Waals surface area contributed by atoms with Gasteiger partial charge in [0, 0.05) is 42.8 Å². The monoisotopic (exact) mass is 1180 g/mol. The summed E-state index contributed by atoms with van der Waals surface area (Å²) in [6, 6.07) is 24.9. The smallest absolute Gasteiger partial charge is 0.408 e. The highest BCUT2D eigenvalue weighted by atomic mass is 32.2. The topological polar surface area (TPSA) is 306 Å². The maximum absolute atomic E-state index is 16.6. The fourth-order valence-electron chi connectivity index (χ4n) is 8.74. The van der Waals surface area contributed by atoms with Crippen LogP contribution in [-0.4, -0.2) is 123 Å². The highest BCUT2D eigenvalue weighted by molar-refractivity contribution is 7.92. The Labute approximate surface area is 483 Å². The Hall–Kier alpha value is -8.33. The predicted molar refractivity (Wildman–Crippen MR) is 311 cm³/mol. The molecule has 7 rings (SSSR count). The molecule has 6 N–H and O–H groups in total. The van der Waals surface area contributed by atoms with Crippen molar-refractivity contribution >= 4 is 60.9 Å². The lowest BCUT2D eigenvalue weighted by Gasteiger charge is -2.35. The second kappa shape index (κ2) is 25.4. The summed E-state index contributed by atoms with van der Waals surface area (Å²) in [5, 5.41) is 24.4. The molecule has 0 saturated carbocycles. The molecule has 444 valence electrons. The van der Waals surface area contributed by atoms with E-state index in [0.29, 0.717) is 33.7 Å². The van der Waals surface area contributed by atoms with E-state index in [9.17, 15) is 19.5 Å². The van der Waals surface area contributed by atoms with E-state index in [4.69, 9.17) is 33.7 Å². The fourth-order valence-corrected chi connectivity index (χ4v) is 12.2. The van der Waals surface area contributed by atoms with Gasteiger partial charge in [0.05, 0.1) is 45.5 Å². The lowest BCUT2D eigenvalue weighted by molar-refractivity contribution is 0.0457. The molecule has 6 aromatic rings. The number of amides is 3. The average molecular weight is 1180 g/mol. The molecule has 0 unspecified atom stereocenters. The molecule has 1 aliphatic rings. The van der Waals surface area contributed by atoms with Gasteiger partial charge < -0.3 is 49.3 Å². The molecule has 0 saturated heterocycles. The number of benzene rings is 5. The molecule has 0 fully saturated rings. The Morgan fingerprint density at radius 3 is 1.92 bits per heavy atom. The number of carbonyl (C=O) groups is 3. The van der Waals surface area contributed by atoms with E-state index in [0.717, 1.165) is 15.3 Å². The Morgan fingerprint density at radius 2 is 1.35 bits per heavy atom. The molecule has 1 aliphatic heterocycles. The lowest BCUT2D eigenvalue weighted by atomic mass is 9.97. The molecule has 83 heavy (non-hydrogen) atoms. The van der Waals surface area contributed by atoms with Crippen LogP contribution in [0.5, 0.6) is 17.2 Å². The number of aliphatic imine (C=N–C) groups is 1. The number of methoxy groups -OCH3 is 3. The Bertz CT molecular complexity index is 3580. The van der Waals surface area contributed by atoms with Crippen molar-refractivity contribution in [1.29, 1.82) is 0 Å². The highest BCUT2D eigenvalue weighted by Gasteiger charge is 2.39. The number of aromatic amines is 1. The third-order valence-corrected chi connectivity index (χ3v) is 16.1. The third kappa shape index (κ3) is 15.8. The average Bonchev–Trinajstić information content (AvgIpc) is 2.07. The van der Waals surface area contributed by atoms with E-state index in [2.05, 4.69) is 36.1 Å². The van der Waals surface area contributed by atoms with Crippen molar-refractivity contribution < 1.29 is 60.0 Å². The number of nitrogens with one attached hydrogen (secondary N) is 5. The molecule has 26 heteroatoms. The maximum Gasteiger partial charge on any atom is 0.408 e. The molecule has 3 amide bonds. The molecule has 2 heterocycles. The van der Waals surface area contributed by atoms with Crippen molar-refractivity contribution in [2.45, 2.75) is 115 Å². The number of imidazole rings is 1. The fraction of sp³-hybridized carbons (Fsp3) is 0.386. The zero-order valence-corrected chi connectivity index (χ0v) is 50.0.